The molecule has 1 N–H and O–H groups in total. The van der Waals surface area contributed by atoms with E-state index in [0.29, 0.717) is 5.92 Å². The molecule has 2 heteroatoms. The first kappa shape index (κ1) is 7.30. The minimum Gasteiger partial charge on any atom is -0.317 e. The van der Waals surface area contributed by atoms with E-state index >= 15 is 0 Å². The second-order valence-electron chi connectivity index (χ2n) is 2.58. The van der Waals surface area contributed by atoms with Gasteiger partial charge in [-0.15, -0.1) is 0 Å². The highest BCUT2D eigenvalue weighted by molar-refractivity contribution is 5.04. The van der Waals surface area contributed by atoms with Crippen LogP contribution in [0.1, 0.15) is 12.8 Å². The first-order chi connectivity index (χ1) is 4.93. The van der Waals surface area contributed by atoms with Crippen molar-refractivity contribution in [1.29, 1.82) is 5.26 Å². The maximum atomic E-state index is 8.24. The van der Waals surface area contributed by atoms with Gasteiger partial charge in [0, 0.05) is 6.08 Å². The molecule has 0 atom stereocenters. The fourth-order valence-electron chi connectivity index (χ4n) is 1.22. The highest BCUT2D eigenvalue weighted by atomic mass is 14.9. The number of nitrogens with zero attached hydrogens (tertiary/aromatic N) is 1. The van der Waals surface area contributed by atoms with E-state index in [1.165, 1.54) is 12.8 Å². The van der Waals surface area contributed by atoms with E-state index in [2.05, 4.69) is 5.32 Å². The van der Waals surface area contributed by atoms with E-state index in [1.54, 1.807) is 6.08 Å². The lowest BCUT2D eigenvalue weighted by Gasteiger charge is -2.18. The minimum atomic E-state index is 0.640. The first-order valence-electron chi connectivity index (χ1n) is 3.70. The Bertz CT molecular complexity index is 149. The van der Waals surface area contributed by atoms with Crippen molar-refractivity contribution >= 4 is 0 Å². The van der Waals surface area contributed by atoms with Crippen LogP contribution in [-0.4, -0.2) is 13.1 Å². The summed E-state index contributed by atoms with van der Waals surface area (Å²) < 4.78 is 0. The van der Waals surface area contributed by atoms with E-state index in [9.17, 15) is 0 Å². The van der Waals surface area contributed by atoms with Gasteiger partial charge in [-0.05, 0) is 31.8 Å². The van der Waals surface area contributed by atoms with E-state index in [0.717, 1.165) is 13.1 Å². The smallest absolute Gasteiger partial charge is 0.0908 e. The fourth-order valence-corrected chi connectivity index (χ4v) is 1.22. The minimum absolute atomic E-state index is 0.640. The zero-order valence-corrected chi connectivity index (χ0v) is 6.01. The quantitative estimate of drug-likeness (QED) is 0.547. The van der Waals surface area contributed by atoms with E-state index < -0.39 is 0 Å². The first-order valence-corrected chi connectivity index (χ1v) is 3.70. The van der Waals surface area contributed by atoms with Gasteiger partial charge in [0.05, 0.1) is 6.07 Å². The summed E-state index contributed by atoms with van der Waals surface area (Å²) in [5.41, 5.74) is 0. The molecule has 1 fully saturated rings. The third kappa shape index (κ3) is 2.20. The summed E-state index contributed by atoms with van der Waals surface area (Å²) in [4.78, 5) is 0. The molecule has 1 heterocycles. The number of nitriles is 1. The van der Waals surface area contributed by atoms with Gasteiger partial charge >= 0.3 is 0 Å². The molecule has 0 radical (unpaired) electrons. The van der Waals surface area contributed by atoms with Crippen molar-refractivity contribution in [3.63, 3.8) is 0 Å². The molecule has 0 aromatic rings. The van der Waals surface area contributed by atoms with Gasteiger partial charge < -0.3 is 5.32 Å². The molecule has 0 bridgehead atoms. The zero-order valence-electron chi connectivity index (χ0n) is 6.01. The van der Waals surface area contributed by atoms with Crippen LogP contribution in [-0.2, 0) is 0 Å². The van der Waals surface area contributed by atoms with Crippen LogP contribution in [0.4, 0.5) is 0 Å². The monoisotopic (exact) mass is 136 g/mol. The largest absolute Gasteiger partial charge is 0.317 e. The molecule has 1 rings (SSSR count). The van der Waals surface area contributed by atoms with Crippen molar-refractivity contribution in [2.24, 2.45) is 5.92 Å². The van der Waals surface area contributed by atoms with Gasteiger partial charge in [-0.2, -0.15) is 5.26 Å². The molecule has 0 unspecified atom stereocenters. The van der Waals surface area contributed by atoms with Crippen LogP contribution >= 0.6 is 0 Å². The number of nitrogens with one attached hydrogen (secondary N) is 1. The summed E-state index contributed by atoms with van der Waals surface area (Å²) in [5.74, 6) is 0.640. The number of rotatable bonds is 1. The molecule has 54 valence electrons. The Balaban J connectivity index is 2.27. The average molecular weight is 136 g/mol. The Morgan fingerprint density at radius 1 is 1.40 bits per heavy atom. The second kappa shape index (κ2) is 4.08. The average Bonchev–Trinajstić information content (AvgIpc) is 2.03. The summed E-state index contributed by atoms with van der Waals surface area (Å²) in [5, 5.41) is 11.5. The fraction of sp³-hybridized carbons (Fsp3) is 0.625. The number of allylic oxidation sites excluding steroid dienone is 2. The van der Waals surface area contributed by atoms with Crippen molar-refractivity contribution in [2.45, 2.75) is 12.8 Å². The van der Waals surface area contributed by atoms with E-state index in [-0.39, 0.29) is 0 Å². The van der Waals surface area contributed by atoms with Crippen LogP contribution in [0.5, 0.6) is 0 Å². The third-order valence-electron chi connectivity index (χ3n) is 1.83. The Morgan fingerprint density at radius 3 is 2.70 bits per heavy atom. The lowest BCUT2D eigenvalue weighted by molar-refractivity contribution is 0.437. The lowest BCUT2D eigenvalue weighted by atomic mass is 9.98. The summed E-state index contributed by atoms with van der Waals surface area (Å²) in [6, 6.07) is 2.01. The molecule has 0 aliphatic carbocycles. The molecule has 1 aliphatic rings. The van der Waals surface area contributed by atoms with Crippen molar-refractivity contribution in [2.75, 3.05) is 13.1 Å². The Hall–Kier alpha value is -0.810. The van der Waals surface area contributed by atoms with Gasteiger partial charge in [0.25, 0.3) is 0 Å². The topological polar surface area (TPSA) is 35.8 Å². The molecule has 0 spiro atoms. The Morgan fingerprint density at radius 2 is 2.10 bits per heavy atom. The normalized spacial score (nSPS) is 21.1. The predicted molar refractivity (Wildman–Crippen MR) is 40.3 cm³/mol. The zero-order chi connectivity index (χ0) is 7.23. The van der Waals surface area contributed by atoms with Gasteiger partial charge in [0.1, 0.15) is 0 Å². The van der Waals surface area contributed by atoms with Crippen LogP contribution in [0.2, 0.25) is 0 Å². The lowest BCUT2D eigenvalue weighted by Crippen LogP contribution is -2.26. The van der Waals surface area contributed by atoms with E-state index in [4.69, 9.17) is 5.26 Å². The standard InChI is InChI=1S/C8H12N2/c9-5-1-2-8-3-6-10-7-4-8/h1-2,8,10H,3-4,6-7H2. The molecule has 10 heavy (non-hydrogen) atoms. The highest BCUT2D eigenvalue weighted by Gasteiger charge is 2.08. The summed E-state index contributed by atoms with van der Waals surface area (Å²) in [6.07, 6.45) is 5.97. The Kier molecular flexibility index (Phi) is 2.98. The second-order valence-corrected chi connectivity index (χ2v) is 2.58. The number of hydrogen-bond acceptors (Lipinski definition) is 2. The summed E-state index contributed by atoms with van der Waals surface area (Å²) in [6.45, 7) is 2.20. The molecule has 1 aliphatic heterocycles. The van der Waals surface area contributed by atoms with Crippen molar-refractivity contribution in [3.8, 4) is 6.07 Å². The predicted octanol–water partition coefficient (Wildman–Crippen LogP) is 1.07. The van der Waals surface area contributed by atoms with Gasteiger partial charge in [-0.25, -0.2) is 0 Å². The maximum absolute atomic E-state index is 8.24. The van der Waals surface area contributed by atoms with E-state index in [1.807, 2.05) is 12.1 Å². The van der Waals surface area contributed by atoms with Crippen LogP contribution in [0, 0.1) is 17.2 Å². The molecule has 1 saturated heterocycles. The van der Waals surface area contributed by atoms with Crippen LogP contribution in [0.15, 0.2) is 12.2 Å². The molecule has 2 nitrogen and oxygen atoms in total. The number of piperidine rings is 1. The van der Waals surface area contributed by atoms with Crippen LogP contribution < -0.4 is 5.32 Å². The summed E-state index contributed by atoms with van der Waals surface area (Å²) >= 11 is 0. The molecular weight excluding hydrogens is 124 g/mol. The van der Waals surface area contributed by atoms with Crippen LogP contribution in [0.25, 0.3) is 0 Å². The highest BCUT2D eigenvalue weighted by Crippen LogP contribution is 2.11. The SMILES string of the molecule is N#CC=CC1CCNCC1. The molecule has 0 saturated carbocycles. The van der Waals surface area contributed by atoms with Gasteiger partial charge in [0.2, 0.25) is 0 Å². The summed E-state index contributed by atoms with van der Waals surface area (Å²) in [7, 11) is 0. The third-order valence-corrected chi connectivity index (χ3v) is 1.83. The molecular formula is C8H12N2. The van der Waals surface area contributed by atoms with Crippen molar-refractivity contribution in [3.05, 3.63) is 12.2 Å². The van der Waals surface area contributed by atoms with Crippen molar-refractivity contribution in [1.82, 2.24) is 5.32 Å². The molecule has 0 aromatic heterocycles. The van der Waals surface area contributed by atoms with Crippen LogP contribution in [0.3, 0.4) is 0 Å². The number of hydrogen-bond donors (Lipinski definition) is 1. The molecule has 0 amide bonds. The van der Waals surface area contributed by atoms with Gasteiger partial charge in [-0.3, -0.25) is 0 Å². The maximum Gasteiger partial charge on any atom is 0.0908 e. The Labute approximate surface area is 61.5 Å². The van der Waals surface area contributed by atoms with Gasteiger partial charge in [-0.1, -0.05) is 6.08 Å². The molecule has 0 aromatic carbocycles. The van der Waals surface area contributed by atoms with Gasteiger partial charge in [0.15, 0.2) is 0 Å². The van der Waals surface area contributed by atoms with Crippen molar-refractivity contribution < 1.29 is 0 Å².